The maximum absolute atomic E-state index is 6.29. The third kappa shape index (κ3) is 1.12. The fraction of sp³-hybridized carbons (Fsp3) is 0. The van der Waals surface area contributed by atoms with Crippen molar-refractivity contribution in [3.05, 3.63) is 77.1 Å². The van der Waals surface area contributed by atoms with Gasteiger partial charge in [-0.2, -0.15) is 0 Å². The van der Waals surface area contributed by atoms with E-state index in [4.69, 9.17) is 11.6 Å². The zero-order valence-corrected chi connectivity index (χ0v) is 10.4. The van der Waals surface area contributed by atoms with E-state index >= 15 is 0 Å². The minimum atomic E-state index is 0.776. The van der Waals surface area contributed by atoms with Crippen LogP contribution in [0.5, 0.6) is 0 Å². The zero-order chi connectivity index (χ0) is 12.3. The van der Waals surface area contributed by atoms with Gasteiger partial charge in [-0.25, -0.2) is 0 Å². The summed E-state index contributed by atoms with van der Waals surface area (Å²) in [4.78, 5) is 0. The molecule has 0 aliphatic heterocycles. The number of nitrogens with zero attached hydrogens (tertiary/aromatic N) is 1. The van der Waals surface area contributed by atoms with Gasteiger partial charge in [-0.05, 0) is 29.8 Å². The minimum absolute atomic E-state index is 0.776. The molecule has 0 saturated heterocycles. The van der Waals surface area contributed by atoms with Crippen LogP contribution < -0.4 is 0 Å². The van der Waals surface area contributed by atoms with Crippen molar-refractivity contribution in [3.8, 4) is 0 Å². The van der Waals surface area contributed by atoms with Crippen LogP contribution >= 0.6 is 11.6 Å². The van der Waals surface area contributed by atoms with Gasteiger partial charge in [0, 0.05) is 33.5 Å². The lowest BCUT2D eigenvalue weighted by molar-refractivity contribution is 1.16. The Labute approximate surface area is 110 Å². The van der Waals surface area contributed by atoms with Crippen molar-refractivity contribution < 1.29 is 0 Å². The molecule has 0 radical (unpaired) electrons. The molecule has 0 saturated carbocycles. The quantitative estimate of drug-likeness (QED) is 0.653. The molecule has 0 spiro atoms. The van der Waals surface area contributed by atoms with Crippen molar-refractivity contribution in [3.63, 3.8) is 0 Å². The standard InChI is InChI=1S/C16H10ClN/c1-10-8-15(17)12-5-6-13(12)16-14(10)9-11-4-2-3-7-18(11)16/h2-9H,1H2. The Kier molecular flexibility index (Phi) is 1.81. The van der Waals surface area contributed by atoms with E-state index < -0.39 is 0 Å². The molecule has 2 heteroatoms. The molecule has 86 valence electrons. The van der Waals surface area contributed by atoms with E-state index in [1.807, 2.05) is 18.2 Å². The normalized spacial score (nSPS) is 17.2. The van der Waals surface area contributed by atoms with E-state index in [0.29, 0.717) is 0 Å². The summed E-state index contributed by atoms with van der Waals surface area (Å²) in [7, 11) is 0. The highest BCUT2D eigenvalue weighted by Gasteiger charge is 2.24. The number of hydrogen-bond acceptors (Lipinski definition) is 0. The Balaban J connectivity index is 2.15. The van der Waals surface area contributed by atoms with Crippen LogP contribution in [0.1, 0.15) is 11.3 Å². The Morgan fingerprint density at radius 2 is 1.94 bits per heavy atom. The minimum Gasteiger partial charge on any atom is -0.316 e. The number of pyridine rings is 1. The zero-order valence-electron chi connectivity index (χ0n) is 9.65. The van der Waals surface area contributed by atoms with Gasteiger partial charge in [0.2, 0.25) is 0 Å². The second-order valence-corrected chi connectivity index (χ2v) is 4.99. The van der Waals surface area contributed by atoms with E-state index in [2.05, 4.69) is 41.5 Å². The summed E-state index contributed by atoms with van der Waals surface area (Å²) < 4.78 is 2.20. The number of fused-ring (bicyclic) bond motifs is 4. The molecule has 2 heterocycles. The molecule has 0 N–H and O–H groups in total. The average Bonchev–Trinajstić information content (AvgIpc) is 2.64. The molecule has 0 atom stereocenters. The van der Waals surface area contributed by atoms with E-state index in [-0.39, 0.29) is 0 Å². The molecule has 1 nitrogen and oxygen atoms in total. The fourth-order valence-corrected chi connectivity index (χ4v) is 2.91. The molecule has 18 heavy (non-hydrogen) atoms. The van der Waals surface area contributed by atoms with Crippen LogP contribution in [-0.4, -0.2) is 4.40 Å². The van der Waals surface area contributed by atoms with Gasteiger partial charge >= 0.3 is 0 Å². The monoisotopic (exact) mass is 251 g/mol. The molecule has 2 aliphatic carbocycles. The van der Waals surface area contributed by atoms with Crippen LogP contribution in [0.25, 0.3) is 16.7 Å². The number of hydrogen-bond donors (Lipinski definition) is 0. The highest BCUT2D eigenvalue weighted by atomic mass is 35.5. The highest BCUT2D eigenvalue weighted by Crippen LogP contribution is 2.43. The molecule has 4 rings (SSSR count). The van der Waals surface area contributed by atoms with Crippen LogP contribution in [0, 0.1) is 0 Å². The fourth-order valence-electron chi connectivity index (χ4n) is 2.62. The Bertz CT molecular complexity index is 800. The summed E-state index contributed by atoms with van der Waals surface area (Å²) in [5.41, 5.74) is 6.82. The predicted molar refractivity (Wildman–Crippen MR) is 76.4 cm³/mol. The van der Waals surface area contributed by atoms with E-state index in [0.717, 1.165) is 21.7 Å². The molecule has 0 unspecified atom stereocenters. The Morgan fingerprint density at radius 1 is 1.11 bits per heavy atom. The molecule has 2 aliphatic rings. The van der Waals surface area contributed by atoms with E-state index in [9.17, 15) is 0 Å². The van der Waals surface area contributed by atoms with Crippen LogP contribution in [-0.2, 0) is 0 Å². The lowest BCUT2D eigenvalue weighted by Gasteiger charge is -2.15. The number of rotatable bonds is 0. The SMILES string of the molecule is C=C1C=C(Cl)C2=C(C=C2)c2c1cc1ccccn21. The highest BCUT2D eigenvalue weighted by molar-refractivity contribution is 6.34. The smallest absolute Gasteiger partial charge is 0.0613 e. The third-order valence-corrected chi connectivity index (χ3v) is 3.86. The number of allylic oxidation sites excluding steroid dienone is 7. The van der Waals surface area contributed by atoms with E-state index in [1.165, 1.54) is 16.8 Å². The van der Waals surface area contributed by atoms with Crippen LogP contribution in [0.4, 0.5) is 0 Å². The summed E-state index contributed by atoms with van der Waals surface area (Å²) >= 11 is 6.29. The first-order chi connectivity index (χ1) is 8.75. The summed E-state index contributed by atoms with van der Waals surface area (Å²) in [6, 6.07) is 8.36. The van der Waals surface area contributed by atoms with Crippen molar-refractivity contribution in [2.45, 2.75) is 0 Å². The maximum Gasteiger partial charge on any atom is 0.0613 e. The largest absolute Gasteiger partial charge is 0.316 e. The van der Waals surface area contributed by atoms with E-state index in [1.54, 1.807) is 0 Å². The maximum atomic E-state index is 6.29. The lowest BCUT2D eigenvalue weighted by atomic mass is 9.94. The van der Waals surface area contributed by atoms with Gasteiger partial charge in [0.25, 0.3) is 0 Å². The summed E-state index contributed by atoms with van der Waals surface area (Å²) in [6.45, 7) is 4.13. The number of halogens is 1. The molecule has 0 bridgehead atoms. The first-order valence-electron chi connectivity index (χ1n) is 5.85. The molecule has 0 amide bonds. The first-order valence-corrected chi connectivity index (χ1v) is 6.23. The van der Waals surface area contributed by atoms with Crippen molar-refractivity contribution in [2.75, 3.05) is 0 Å². The van der Waals surface area contributed by atoms with Crippen LogP contribution in [0.15, 0.2) is 65.9 Å². The van der Waals surface area contributed by atoms with Crippen molar-refractivity contribution in [1.82, 2.24) is 4.40 Å². The van der Waals surface area contributed by atoms with Crippen molar-refractivity contribution in [1.29, 1.82) is 0 Å². The Morgan fingerprint density at radius 3 is 2.72 bits per heavy atom. The van der Waals surface area contributed by atoms with Crippen molar-refractivity contribution in [2.24, 2.45) is 0 Å². The molecular formula is C16H10ClN. The Hall–Kier alpha value is -1.99. The van der Waals surface area contributed by atoms with Gasteiger partial charge in [0.05, 0.1) is 5.69 Å². The van der Waals surface area contributed by atoms with Crippen LogP contribution in [0.2, 0.25) is 0 Å². The van der Waals surface area contributed by atoms with Gasteiger partial charge in [-0.1, -0.05) is 36.4 Å². The predicted octanol–water partition coefficient (Wildman–Crippen LogP) is 4.41. The first kappa shape index (κ1) is 9.98. The molecule has 0 aromatic carbocycles. The summed E-state index contributed by atoms with van der Waals surface area (Å²) in [6.07, 6.45) is 8.20. The average molecular weight is 252 g/mol. The van der Waals surface area contributed by atoms with Crippen LogP contribution in [0.3, 0.4) is 0 Å². The summed E-state index contributed by atoms with van der Waals surface area (Å²) in [5, 5.41) is 0.776. The van der Waals surface area contributed by atoms with Gasteiger partial charge < -0.3 is 4.40 Å². The van der Waals surface area contributed by atoms with Gasteiger partial charge in [-0.3, -0.25) is 0 Å². The molecule has 0 fully saturated rings. The van der Waals surface area contributed by atoms with Gasteiger partial charge in [0.15, 0.2) is 0 Å². The van der Waals surface area contributed by atoms with Crippen molar-refractivity contribution >= 4 is 28.3 Å². The topological polar surface area (TPSA) is 4.41 Å². The molecule has 2 aromatic heterocycles. The van der Waals surface area contributed by atoms with Gasteiger partial charge in [-0.15, -0.1) is 0 Å². The second-order valence-electron chi connectivity index (χ2n) is 4.58. The molecule has 2 aromatic rings. The molecular weight excluding hydrogens is 242 g/mol. The lowest BCUT2D eigenvalue weighted by Crippen LogP contribution is -1.99. The van der Waals surface area contributed by atoms with Gasteiger partial charge in [0.1, 0.15) is 0 Å². The number of aromatic nitrogens is 1. The summed E-state index contributed by atoms with van der Waals surface area (Å²) in [5.74, 6) is 0. The third-order valence-electron chi connectivity index (χ3n) is 3.55. The second kappa shape index (κ2) is 3.27.